The average molecular weight is 368 g/mol. The fourth-order valence-corrected chi connectivity index (χ4v) is 4.09. The summed E-state index contributed by atoms with van der Waals surface area (Å²) >= 11 is 2.88. The van der Waals surface area contributed by atoms with E-state index in [1.54, 1.807) is 0 Å². The van der Waals surface area contributed by atoms with Crippen LogP contribution in [-0.2, 0) is 4.74 Å². The molecule has 1 aliphatic rings. The normalized spacial score (nSPS) is 30.4. The standard InChI is InChI=1S/C6H12I2NO/c1-9-2-3-10-5-6(4-9)8-7/h6H,2-5H2,1H3/q-1/t6-/m0/s1. The molecule has 4 heteroatoms. The number of likely N-dealkylation sites (N-methyl/N-ethyl adjacent to an activating group) is 1. The second-order valence-electron chi connectivity index (χ2n) is 2.52. The number of ether oxygens (including phenoxy) is 1. The van der Waals surface area contributed by atoms with Gasteiger partial charge in [0, 0.05) is 0 Å². The van der Waals surface area contributed by atoms with Crippen LogP contribution in [0.5, 0.6) is 0 Å². The van der Waals surface area contributed by atoms with Crippen molar-refractivity contribution in [1.82, 2.24) is 4.90 Å². The van der Waals surface area contributed by atoms with E-state index in [4.69, 9.17) is 4.74 Å². The molecule has 0 unspecified atom stereocenters. The molecule has 1 heterocycles. The Morgan fingerprint density at radius 3 is 3.20 bits per heavy atom. The molecule has 1 rings (SSSR count). The first kappa shape index (κ1) is 9.47. The molecule has 0 spiro atoms. The first-order valence-corrected chi connectivity index (χ1v) is 10.9. The third-order valence-electron chi connectivity index (χ3n) is 1.54. The molecule has 2 nitrogen and oxygen atoms in total. The SMILES string of the molecule is CN1CCOC[C@@H]([I-]I)C1. The van der Waals surface area contributed by atoms with E-state index >= 15 is 0 Å². The van der Waals surface area contributed by atoms with E-state index in [1.165, 1.54) is 6.54 Å². The zero-order valence-electron chi connectivity index (χ0n) is 6.02. The van der Waals surface area contributed by atoms with Crippen molar-refractivity contribution in [2.45, 2.75) is 3.92 Å². The molecule has 0 aromatic rings. The second-order valence-corrected chi connectivity index (χ2v) is 7.91. The van der Waals surface area contributed by atoms with E-state index < -0.39 is 0 Å². The molecular weight excluding hydrogens is 356 g/mol. The van der Waals surface area contributed by atoms with Crippen LogP contribution in [-0.4, -0.2) is 42.2 Å². The van der Waals surface area contributed by atoms with E-state index in [0.717, 1.165) is 23.7 Å². The van der Waals surface area contributed by atoms with E-state index in [-0.39, 0.29) is 0 Å². The second kappa shape index (κ2) is 5.10. The maximum atomic E-state index is 5.45. The van der Waals surface area contributed by atoms with Crippen LogP contribution in [0.3, 0.4) is 0 Å². The van der Waals surface area contributed by atoms with Crippen LogP contribution in [0, 0.1) is 0 Å². The monoisotopic (exact) mass is 368 g/mol. The number of alkyl halides is 1. The van der Waals surface area contributed by atoms with Gasteiger partial charge in [-0.05, 0) is 0 Å². The zero-order chi connectivity index (χ0) is 7.40. The topological polar surface area (TPSA) is 12.5 Å². The first-order chi connectivity index (χ1) is 4.83. The Kier molecular flexibility index (Phi) is 4.83. The zero-order valence-corrected chi connectivity index (χ0v) is 10.3. The van der Waals surface area contributed by atoms with Crippen molar-refractivity contribution in [1.29, 1.82) is 0 Å². The van der Waals surface area contributed by atoms with Gasteiger partial charge in [0.05, 0.1) is 0 Å². The Bertz CT molecular complexity index is 102. The fraction of sp³-hybridized carbons (Fsp3) is 1.00. The Morgan fingerprint density at radius 1 is 1.70 bits per heavy atom. The molecule has 10 heavy (non-hydrogen) atoms. The summed E-state index contributed by atoms with van der Waals surface area (Å²) in [6.45, 7) is 4.28. The van der Waals surface area contributed by atoms with Crippen LogP contribution in [0.4, 0.5) is 0 Å². The van der Waals surface area contributed by atoms with Gasteiger partial charge in [-0.25, -0.2) is 0 Å². The molecule has 1 aliphatic heterocycles. The molecule has 0 aliphatic carbocycles. The number of hydrogen-bond acceptors (Lipinski definition) is 2. The van der Waals surface area contributed by atoms with Crippen LogP contribution in [0.15, 0.2) is 0 Å². The van der Waals surface area contributed by atoms with Gasteiger partial charge in [0.15, 0.2) is 0 Å². The van der Waals surface area contributed by atoms with Gasteiger partial charge >= 0.3 is 82.8 Å². The van der Waals surface area contributed by atoms with Gasteiger partial charge in [0.1, 0.15) is 0 Å². The summed E-state index contributed by atoms with van der Waals surface area (Å²) in [5.41, 5.74) is 0. The van der Waals surface area contributed by atoms with Crippen LogP contribution >= 0.6 is 18.6 Å². The van der Waals surface area contributed by atoms with E-state index in [1.807, 2.05) is 0 Å². The molecule has 0 aromatic heterocycles. The predicted octanol–water partition coefficient (Wildman–Crippen LogP) is -2.24. The van der Waals surface area contributed by atoms with Gasteiger partial charge in [-0.2, -0.15) is 0 Å². The summed E-state index contributed by atoms with van der Waals surface area (Å²) in [7, 11) is 2.18. The van der Waals surface area contributed by atoms with Gasteiger partial charge in [-0.15, -0.1) is 0 Å². The molecule has 0 aromatic carbocycles. The Balaban J connectivity index is 2.30. The minimum absolute atomic E-state index is 0.345. The van der Waals surface area contributed by atoms with Crippen LogP contribution in [0.25, 0.3) is 0 Å². The van der Waals surface area contributed by atoms with E-state index in [0.29, 0.717) is 17.2 Å². The molecule has 62 valence electrons. The first-order valence-electron chi connectivity index (χ1n) is 3.33. The fourth-order valence-electron chi connectivity index (χ4n) is 0.964. The molecule has 1 saturated heterocycles. The summed E-state index contributed by atoms with van der Waals surface area (Å²) in [5, 5.41) is 0. The number of rotatable bonds is 1. The Morgan fingerprint density at radius 2 is 2.50 bits per heavy atom. The molecule has 0 saturated carbocycles. The summed E-state index contributed by atoms with van der Waals surface area (Å²) in [6.07, 6.45) is 0. The predicted molar refractivity (Wildman–Crippen MR) is 46.1 cm³/mol. The van der Waals surface area contributed by atoms with Crippen molar-refractivity contribution in [3.05, 3.63) is 0 Å². The summed E-state index contributed by atoms with van der Waals surface area (Å²) in [5.74, 6) is 0. The third kappa shape index (κ3) is 3.19. The Hall–Kier alpha value is 1.38. The minimum atomic E-state index is 0.345. The molecule has 0 N–H and O–H groups in total. The van der Waals surface area contributed by atoms with Crippen LogP contribution in [0.1, 0.15) is 0 Å². The maximum absolute atomic E-state index is 5.45. The van der Waals surface area contributed by atoms with Gasteiger partial charge in [0.25, 0.3) is 0 Å². The van der Waals surface area contributed by atoms with Crippen molar-refractivity contribution in [2.75, 3.05) is 33.4 Å². The van der Waals surface area contributed by atoms with Crippen LogP contribution < -0.4 is 17.2 Å². The van der Waals surface area contributed by atoms with Crippen molar-refractivity contribution < 1.29 is 22.0 Å². The van der Waals surface area contributed by atoms with Crippen LogP contribution in [0.2, 0.25) is 0 Å². The molecule has 0 bridgehead atoms. The quantitative estimate of drug-likeness (QED) is 0.384. The summed E-state index contributed by atoms with van der Waals surface area (Å²) < 4.78 is 6.30. The van der Waals surface area contributed by atoms with Crippen molar-refractivity contribution in [2.24, 2.45) is 0 Å². The van der Waals surface area contributed by atoms with Gasteiger partial charge in [-0.1, -0.05) is 0 Å². The molecule has 0 radical (unpaired) electrons. The molecular formula is C6H12I2NO-. The van der Waals surface area contributed by atoms with Gasteiger partial charge in [-0.3, -0.25) is 0 Å². The summed E-state index contributed by atoms with van der Waals surface area (Å²) in [6, 6.07) is 0. The van der Waals surface area contributed by atoms with Crippen molar-refractivity contribution in [3.8, 4) is 0 Å². The molecule has 0 amide bonds. The number of halogens is 2. The molecule has 1 fully saturated rings. The van der Waals surface area contributed by atoms with Gasteiger partial charge < -0.3 is 0 Å². The van der Waals surface area contributed by atoms with E-state index in [9.17, 15) is 0 Å². The van der Waals surface area contributed by atoms with Crippen molar-refractivity contribution in [3.63, 3.8) is 0 Å². The van der Waals surface area contributed by atoms with Crippen molar-refractivity contribution >= 4 is 18.6 Å². The average Bonchev–Trinajstić information content (AvgIpc) is 2.13. The third-order valence-corrected chi connectivity index (χ3v) is 7.43. The molecule has 1 atom stereocenters. The Labute approximate surface area is 82.1 Å². The number of hydrogen-bond donors (Lipinski definition) is 0. The summed E-state index contributed by atoms with van der Waals surface area (Å²) in [4.78, 5) is 2.37. The van der Waals surface area contributed by atoms with Gasteiger partial charge in [0.2, 0.25) is 0 Å². The van der Waals surface area contributed by atoms with E-state index in [2.05, 4.69) is 30.6 Å². The number of nitrogens with zero attached hydrogens (tertiary/aromatic N) is 1.